The molecular weight excluding hydrogens is 556 g/mol. The van der Waals surface area contributed by atoms with Crippen LogP contribution in [0.25, 0.3) is 0 Å². The van der Waals surface area contributed by atoms with E-state index in [1.807, 2.05) is 29.3 Å². The third-order valence-electron chi connectivity index (χ3n) is 4.94. The molecule has 12 nitrogen and oxygen atoms in total. The maximum Gasteiger partial charge on any atom is 0.490 e. The van der Waals surface area contributed by atoms with Gasteiger partial charge in [0.2, 0.25) is 0 Å². The van der Waals surface area contributed by atoms with Gasteiger partial charge >= 0.3 is 24.3 Å². The summed E-state index contributed by atoms with van der Waals surface area (Å²) in [4.78, 5) is 41.1. The Morgan fingerprint density at radius 2 is 1.50 bits per heavy atom. The molecule has 1 aliphatic heterocycles. The first-order chi connectivity index (χ1) is 18.7. The van der Waals surface area contributed by atoms with Crippen molar-refractivity contribution in [1.29, 1.82) is 0 Å². The first kappa shape index (κ1) is 31.4. The fourth-order valence-electron chi connectivity index (χ4n) is 3.09. The highest BCUT2D eigenvalue weighted by molar-refractivity contribution is 5.93. The van der Waals surface area contributed by atoms with Gasteiger partial charge in [0.1, 0.15) is 11.6 Å². The molecule has 0 saturated heterocycles. The molecule has 0 spiro atoms. The van der Waals surface area contributed by atoms with Crippen LogP contribution in [-0.4, -0.2) is 83.1 Å². The highest BCUT2D eigenvalue weighted by Gasteiger charge is 2.38. The highest BCUT2D eigenvalue weighted by Crippen LogP contribution is 2.15. The molecule has 0 atom stereocenters. The van der Waals surface area contributed by atoms with E-state index in [2.05, 4.69) is 30.0 Å². The number of carbonyl (C=O) groups is 3. The summed E-state index contributed by atoms with van der Waals surface area (Å²) in [6, 6.07) is 7.47. The fourth-order valence-corrected chi connectivity index (χ4v) is 3.09. The molecule has 0 bridgehead atoms. The van der Waals surface area contributed by atoms with Crippen LogP contribution in [0.4, 0.5) is 32.2 Å². The van der Waals surface area contributed by atoms with Crippen molar-refractivity contribution in [1.82, 2.24) is 29.6 Å². The molecule has 0 unspecified atom stereocenters. The first-order valence-electron chi connectivity index (χ1n) is 11.0. The molecule has 3 N–H and O–H groups in total. The number of aliphatic carboxylic acids is 2. The lowest BCUT2D eigenvalue weighted by Crippen LogP contribution is -2.33. The molecule has 0 aromatic carbocycles. The van der Waals surface area contributed by atoms with Gasteiger partial charge in [0.05, 0.1) is 36.4 Å². The lowest BCUT2D eigenvalue weighted by Gasteiger charge is -2.20. The van der Waals surface area contributed by atoms with Crippen LogP contribution < -0.4 is 5.32 Å². The standard InChI is InChI=1S/C18H19N7O.2C2HF3O2/c26-18(14-4-7-22-23-11-14)24-8-5-17-21-13-15(25(17)10-9-24)12-20-16-3-1-2-6-19-16;2*3-2(4,5)1(6)7/h1-4,6-7,11,13H,5,8-10,12H2,(H,19,20);2*(H,6,7). The van der Waals surface area contributed by atoms with E-state index < -0.39 is 24.3 Å². The average molecular weight is 577 g/mol. The number of fused-ring (bicyclic) bond motifs is 1. The molecule has 0 radical (unpaired) electrons. The normalized spacial score (nSPS) is 12.9. The monoisotopic (exact) mass is 577 g/mol. The zero-order chi connectivity index (χ0) is 29.9. The number of alkyl halides is 6. The van der Waals surface area contributed by atoms with Gasteiger partial charge < -0.3 is 25.0 Å². The van der Waals surface area contributed by atoms with Gasteiger partial charge in [0, 0.05) is 32.3 Å². The van der Waals surface area contributed by atoms with E-state index in [0.29, 0.717) is 25.2 Å². The summed E-state index contributed by atoms with van der Waals surface area (Å²) in [5, 5.41) is 25.1. The van der Waals surface area contributed by atoms with Crippen LogP contribution in [-0.2, 0) is 29.1 Å². The molecule has 0 fully saturated rings. The molecule has 0 aliphatic carbocycles. The summed E-state index contributed by atoms with van der Waals surface area (Å²) in [5.74, 6) is -3.69. The SMILES string of the molecule is O=C(O)C(F)(F)F.O=C(O)C(F)(F)F.O=C(c1ccnnc1)N1CCc2ncc(CNc3ccccn3)n2CC1. The Balaban J connectivity index is 0.000000333. The minimum absolute atomic E-state index is 0.0150. The topological polar surface area (TPSA) is 163 Å². The highest BCUT2D eigenvalue weighted by atomic mass is 19.4. The van der Waals surface area contributed by atoms with Gasteiger partial charge in [-0.05, 0) is 18.2 Å². The number of nitrogens with zero attached hydrogens (tertiary/aromatic N) is 6. The summed E-state index contributed by atoms with van der Waals surface area (Å²) in [7, 11) is 0. The van der Waals surface area contributed by atoms with E-state index in [4.69, 9.17) is 19.8 Å². The number of nitrogens with one attached hydrogen (secondary N) is 1. The maximum atomic E-state index is 12.6. The van der Waals surface area contributed by atoms with E-state index in [1.54, 1.807) is 12.3 Å². The lowest BCUT2D eigenvalue weighted by molar-refractivity contribution is -0.193. The number of pyridine rings is 1. The van der Waals surface area contributed by atoms with Crippen LogP contribution in [0, 0.1) is 0 Å². The van der Waals surface area contributed by atoms with E-state index in [9.17, 15) is 31.1 Å². The number of carboxylic acids is 2. The largest absolute Gasteiger partial charge is 0.490 e. The average Bonchev–Trinajstić information content (AvgIpc) is 3.16. The third-order valence-corrected chi connectivity index (χ3v) is 4.94. The van der Waals surface area contributed by atoms with Crippen molar-refractivity contribution in [3.05, 3.63) is 66.1 Å². The van der Waals surface area contributed by atoms with Gasteiger partial charge in [-0.2, -0.15) is 36.5 Å². The Hall–Kier alpha value is -4.77. The Morgan fingerprint density at radius 1 is 0.850 bits per heavy atom. The van der Waals surface area contributed by atoms with Crippen LogP contribution >= 0.6 is 0 Å². The molecule has 3 aromatic rings. The Morgan fingerprint density at radius 3 is 2.02 bits per heavy atom. The summed E-state index contributed by atoms with van der Waals surface area (Å²) in [6.45, 7) is 2.65. The van der Waals surface area contributed by atoms with Crippen molar-refractivity contribution in [3.63, 3.8) is 0 Å². The molecule has 3 aromatic heterocycles. The van der Waals surface area contributed by atoms with Gasteiger partial charge in [-0.15, -0.1) is 0 Å². The number of carboxylic acid groups (broad SMARTS) is 2. The van der Waals surface area contributed by atoms with E-state index in [1.165, 1.54) is 12.4 Å². The van der Waals surface area contributed by atoms with Gasteiger partial charge in [-0.1, -0.05) is 6.07 Å². The van der Waals surface area contributed by atoms with E-state index in [0.717, 1.165) is 30.3 Å². The zero-order valence-electron chi connectivity index (χ0n) is 20.2. The molecule has 1 amide bonds. The second kappa shape index (κ2) is 13.9. The fraction of sp³-hybridized carbons (Fsp3) is 0.318. The molecular formula is C22H21F6N7O5. The number of hydrogen-bond acceptors (Lipinski definition) is 8. The van der Waals surface area contributed by atoms with E-state index in [-0.39, 0.29) is 5.91 Å². The van der Waals surface area contributed by atoms with Crippen molar-refractivity contribution >= 4 is 23.7 Å². The predicted molar refractivity (Wildman–Crippen MR) is 123 cm³/mol. The lowest BCUT2D eigenvalue weighted by atomic mass is 10.2. The van der Waals surface area contributed by atoms with Gasteiger partial charge in [0.15, 0.2) is 0 Å². The van der Waals surface area contributed by atoms with Crippen LogP contribution in [0.1, 0.15) is 21.9 Å². The smallest absolute Gasteiger partial charge is 0.475 e. The van der Waals surface area contributed by atoms with E-state index >= 15 is 0 Å². The minimum atomic E-state index is -5.08. The summed E-state index contributed by atoms with van der Waals surface area (Å²) in [5.41, 5.74) is 1.65. The maximum absolute atomic E-state index is 12.6. The number of aromatic nitrogens is 5. The second-order valence-electron chi connectivity index (χ2n) is 7.67. The van der Waals surface area contributed by atoms with Crippen molar-refractivity contribution in [3.8, 4) is 0 Å². The number of amides is 1. The van der Waals surface area contributed by atoms with Crippen LogP contribution in [0.15, 0.2) is 49.1 Å². The summed E-state index contributed by atoms with van der Waals surface area (Å²) in [6.07, 6.45) is -2.73. The Labute approximate surface area is 221 Å². The van der Waals surface area contributed by atoms with Crippen molar-refractivity contribution in [2.75, 3.05) is 18.4 Å². The Kier molecular flexibility index (Phi) is 10.9. The van der Waals surface area contributed by atoms with Crippen molar-refractivity contribution in [2.45, 2.75) is 31.9 Å². The van der Waals surface area contributed by atoms with Crippen molar-refractivity contribution in [2.24, 2.45) is 0 Å². The summed E-state index contributed by atoms with van der Waals surface area (Å²) < 4.78 is 65.7. The molecule has 0 saturated carbocycles. The number of hydrogen-bond donors (Lipinski definition) is 3. The molecule has 1 aliphatic rings. The second-order valence-corrected chi connectivity index (χ2v) is 7.67. The predicted octanol–water partition coefficient (Wildman–Crippen LogP) is 2.65. The van der Waals surface area contributed by atoms with Gasteiger partial charge in [0.25, 0.3) is 5.91 Å². The molecule has 4 rings (SSSR count). The first-order valence-corrected chi connectivity index (χ1v) is 11.0. The number of rotatable bonds is 4. The molecule has 216 valence electrons. The van der Waals surface area contributed by atoms with Crippen LogP contribution in [0.5, 0.6) is 0 Å². The number of halogens is 6. The molecule has 4 heterocycles. The zero-order valence-corrected chi connectivity index (χ0v) is 20.2. The van der Waals surface area contributed by atoms with Crippen LogP contribution in [0.2, 0.25) is 0 Å². The quantitative estimate of drug-likeness (QED) is 0.393. The number of anilines is 1. The minimum Gasteiger partial charge on any atom is -0.475 e. The van der Waals surface area contributed by atoms with Crippen LogP contribution in [0.3, 0.4) is 0 Å². The third kappa shape index (κ3) is 9.84. The van der Waals surface area contributed by atoms with Crippen molar-refractivity contribution < 1.29 is 50.9 Å². The summed E-state index contributed by atoms with van der Waals surface area (Å²) >= 11 is 0. The number of carbonyl (C=O) groups excluding carboxylic acids is 1. The molecule has 40 heavy (non-hydrogen) atoms. The number of imidazole rings is 1. The van der Waals surface area contributed by atoms with Gasteiger partial charge in [-0.25, -0.2) is 19.6 Å². The van der Waals surface area contributed by atoms with Gasteiger partial charge in [-0.3, -0.25) is 4.79 Å². The molecule has 18 heteroatoms. The Bertz CT molecular complexity index is 1250.